The summed E-state index contributed by atoms with van der Waals surface area (Å²) in [7, 11) is 0. The van der Waals surface area contributed by atoms with Crippen LogP contribution in [0.2, 0.25) is 0 Å². The third-order valence-electron chi connectivity index (χ3n) is 3.17. The molecule has 0 radical (unpaired) electrons. The number of nitrogens with one attached hydrogen (secondary N) is 1. The predicted molar refractivity (Wildman–Crippen MR) is 88.5 cm³/mol. The molecule has 1 aromatic carbocycles. The second kappa shape index (κ2) is 11.7. The van der Waals surface area contributed by atoms with Gasteiger partial charge in [0.05, 0.1) is 0 Å². The third-order valence-corrected chi connectivity index (χ3v) is 3.17. The lowest BCUT2D eigenvalue weighted by molar-refractivity contribution is -0.116. The Morgan fingerprint density at radius 2 is 1.85 bits per heavy atom. The minimum atomic E-state index is 0. The molecule has 114 valence electrons. The molecule has 0 aliphatic carbocycles. The molecule has 0 bridgehead atoms. The molecule has 0 unspecified atom stereocenters. The molecule has 0 heterocycles. The van der Waals surface area contributed by atoms with Crippen molar-refractivity contribution in [2.45, 2.75) is 51.9 Å². The van der Waals surface area contributed by atoms with Gasteiger partial charge in [-0.1, -0.05) is 44.4 Å². The van der Waals surface area contributed by atoms with Gasteiger partial charge in [0.2, 0.25) is 5.91 Å². The van der Waals surface area contributed by atoms with Crippen LogP contribution in [0.3, 0.4) is 0 Å². The first-order valence-corrected chi connectivity index (χ1v) is 7.35. The molecular weight excluding hydrogens is 272 g/mol. The van der Waals surface area contributed by atoms with Gasteiger partial charge in [-0.25, -0.2) is 0 Å². The van der Waals surface area contributed by atoms with Crippen LogP contribution in [0, 0.1) is 0 Å². The maximum absolute atomic E-state index is 11.9. The number of carbonyl (C=O) groups is 1. The van der Waals surface area contributed by atoms with Crippen molar-refractivity contribution in [3.05, 3.63) is 29.8 Å². The molecule has 0 aromatic heterocycles. The fourth-order valence-corrected chi connectivity index (χ4v) is 2.13. The largest absolute Gasteiger partial charge is 0.330 e. The zero-order valence-corrected chi connectivity index (χ0v) is 13.2. The first-order valence-electron chi connectivity index (χ1n) is 7.35. The van der Waals surface area contributed by atoms with Gasteiger partial charge in [0, 0.05) is 12.1 Å². The lowest BCUT2D eigenvalue weighted by Crippen LogP contribution is -2.12. The van der Waals surface area contributed by atoms with Crippen molar-refractivity contribution in [3.8, 4) is 0 Å². The minimum Gasteiger partial charge on any atom is -0.330 e. The first kappa shape index (κ1) is 18.9. The number of benzene rings is 1. The smallest absolute Gasteiger partial charge is 0.224 e. The van der Waals surface area contributed by atoms with Gasteiger partial charge < -0.3 is 11.1 Å². The molecule has 1 amide bonds. The Labute approximate surface area is 128 Å². The monoisotopic (exact) mass is 298 g/mol. The molecule has 0 fully saturated rings. The van der Waals surface area contributed by atoms with E-state index >= 15 is 0 Å². The number of amides is 1. The number of aryl methyl sites for hydroxylation is 1. The number of unbranched alkanes of at least 4 members (excludes halogenated alkanes) is 3. The van der Waals surface area contributed by atoms with Crippen LogP contribution in [0.4, 0.5) is 5.69 Å². The van der Waals surface area contributed by atoms with E-state index in [4.69, 9.17) is 5.73 Å². The van der Waals surface area contributed by atoms with Gasteiger partial charge in [-0.2, -0.15) is 0 Å². The van der Waals surface area contributed by atoms with E-state index in [1.54, 1.807) is 0 Å². The fraction of sp³-hybridized carbons (Fsp3) is 0.562. The summed E-state index contributed by atoms with van der Waals surface area (Å²) in [6.45, 7) is 2.90. The standard InChI is InChI=1S/C16H26N2O.ClH/c1-2-9-14-10-6-7-11-15(14)18-16(19)12-5-3-4-8-13-17;/h6-7,10-11H,2-5,8-9,12-13,17H2,1H3,(H,18,19);1H. The number of anilines is 1. The van der Waals surface area contributed by atoms with Crippen LogP contribution in [-0.4, -0.2) is 12.5 Å². The minimum absolute atomic E-state index is 0. The third kappa shape index (κ3) is 7.51. The molecule has 0 spiro atoms. The second-order valence-corrected chi connectivity index (χ2v) is 4.91. The first-order chi connectivity index (χ1) is 9.27. The highest BCUT2D eigenvalue weighted by Crippen LogP contribution is 2.17. The van der Waals surface area contributed by atoms with Crippen molar-refractivity contribution in [2.75, 3.05) is 11.9 Å². The zero-order chi connectivity index (χ0) is 13.9. The summed E-state index contributed by atoms with van der Waals surface area (Å²) in [5.74, 6) is 0.122. The van der Waals surface area contributed by atoms with Gasteiger partial charge in [-0.15, -0.1) is 12.4 Å². The maximum Gasteiger partial charge on any atom is 0.224 e. The SMILES string of the molecule is CCCc1ccccc1NC(=O)CCCCCCN.Cl. The van der Waals surface area contributed by atoms with Crippen molar-refractivity contribution < 1.29 is 4.79 Å². The summed E-state index contributed by atoms with van der Waals surface area (Å²) < 4.78 is 0. The van der Waals surface area contributed by atoms with Gasteiger partial charge in [-0.3, -0.25) is 4.79 Å². The molecule has 1 aromatic rings. The number of nitrogens with two attached hydrogens (primary N) is 1. The van der Waals surface area contributed by atoms with E-state index in [2.05, 4.69) is 18.3 Å². The number of hydrogen-bond donors (Lipinski definition) is 2. The van der Waals surface area contributed by atoms with Crippen molar-refractivity contribution in [1.29, 1.82) is 0 Å². The number of carbonyl (C=O) groups excluding carboxylic acids is 1. The van der Waals surface area contributed by atoms with E-state index in [1.165, 1.54) is 5.56 Å². The average molecular weight is 299 g/mol. The van der Waals surface area contributed by atoms with E-state index in [0.29, 0.717) is 6.42 Å². The number of hydrogen-bond acceptors (Lipinski definition) is 2. The Kier molecular flexibility index (Phi) is 11.1. The summed E-state index contributed by atoms with van der Waals surface area (Å²) in [6.07, 6.45) is 6.91. The Balaban J connectivity index is 0.00000361. The lowest BCUT2D eigenvalue weighted by Gasteiger charge is -2.10. The zero-order valence-electron chi connectivity index (χ0n) is 12.4. The van der Waals surface area contributed by atoms with Gasteiger partial charge >= 0.3 is 0 Å². The van der Waals surface area contributed by atoms with Crippen LogP contribution in [0.25, 0.3) is 0 Å². The molecule has 3 nitrogen and oxygen atoms in total. The number of rotatable bonds is 9. The van der Waals surface area contributed by atoms with Crippen LogP contribution in [-0.2, 0) is 11.2 Å². The molecule has 0 atom stereocenters. The van der Waals surface area contributed by atoms with E-state index in [0.717, 1.165) is 50.8 Å². The van der Waals surface area contributed by atoms with E-state index in [-0.39, 0.29) is 18.3 Å². The molecule has 20 heavy (non-hydrogen) atoms. The van der Waals surface area contributed by atoms with Crippen LogP contribution in [0.1, 0.15) is 51.0 Å². The normalized spacial score (nSPS) is 9.90. The number of para-hydroxylation sites is 1. The molecule has 0 aliphatic rings. The summed E-state index contributed by atoms with van der Waals surface area (Å²) in [5, 5.41) is 3.02. The van der Waals surface area contributed by atoms with Crippen LogP contribution in [0.5, 0.6) is 0 Å². The van der Waals surface area contributed by atoms with Crippen LogP contribution < -0.4 is 11.1 Å². The second-order valence-electron chi connectivity index (χ2n) is 4.91. The van der Waals surface area contributed by atoms with Crippen molar-refractivity contribution >= 4 is 24.0 Å². The highest BCUT2D eigenvalue weighted by atomic mass is 35.5. The van der Waals surface area contributed by atoms with E-state index in [1.807, 2.05) is 18.2 Å². The molecule has 3 N–H and O–H groups in total. The number of halogens is 1. The quantitative estimate of drug-likeness (QED) is 0.679. The average Bonchev–Trinajstić information content (AvgIpc) is 2.41. The Hall–Kier alpha value is -1.06. The van der Waals surface area contributed by atoms with Gasteiger partial charge in [0.15, 0.2) is 0 Å². The Bertz CT molecular complexity index is 382. The Morgan fingerprint density at radius 1 is 1.15 bits per heavy atom. The van der Waals surface area contributed by atoms with Crippen LogP contribution in [0.15, 0.2) is 24.3 Å². The van der Waals surface area contributed by atoms with E-state index < -0.39 is 0 Å². The summed E-state index contributed by atoms with van der Waals surface area (Å²) in [4.78, 5) is 11.9. The highest BCUT2D eigenvalue weighted by Gasteiger charge is 2.05. The maximum atomic E-state index is 11.9. The molecular formula is C16H27ClN2O. The fourth-order valence-electron chi connectivity index (χ4n) is 2.13. The molecule has 0 saturated heterocycles. The van der Waals surface area contributed by atoms with Crippen molar-refractivity contribution in [1.82, 2.24) is 0 Å². The molecule has 0 saturated carbocycles. The molecule has 1 rings (SSSR count). The van der Waals surface area contributed by atoms with Crippen molar-refractivity contribution in [2.24, 2.45) is 5.73 Å². The summed E-state index contributed by atoms with van der Waals surface area (Å²) in [6, 6.07) is 8.06. The Morgan fingerprint density at radius 3 is 2.55 bits per heavy atom. The predicted octanol–water partition coefficient (Wildman–Crippen LogP) is 3.91. The molecule has 4 heteroatoms. The lowest BCUT2D eigenvalue weighted by atomic mass is 10.1. The molecule has 0 aliphatic heterocycles. The summed E-state index contributed by atoms with van der Waals surface area (Å²) in [5.41, 5.74) is 7.63. The van der Waals surface area contributed by atoms with Gasteiger partial charge in [-0.05, 0) is 37.4 Å². The van der Waals surface area contributed by atoms with Gasteiger partial charge in [0.25, 0.3) is 0 Å². The van der Waals surface area contributed by atoms with Gasteiger partial charge in [0.1, 0.15) is 0 Å². The van der Waals surface area contributed by atoms with Crippen molar-refractivity contribution in [3.63, 3.8) is 0 Å². The highest BCUT2D eigenvalue weighted by molar-refractivity contribution is 5.91. The summed E-state index contributed by atoms with van der Waals surface area (Å²) >= 11 is 0. The van der Waals surface area contributed by atoms with E-state index in [9.17, 15) is 4.79 Å². The topological polar surface area (TPSA) is 55.1 Å². The van der Waals surface area contributed by atoms with Crippen LogP contribution >= 0.6 is 12.4 Å².